The van der Waals surface area contributed by atoms with Gasteiger partial charge in [0.2, 0.25) is 0 Å². The summed E-state index contributed by atoms with van der Waals surface area (Å²) < 4.78 is 15.1. The van der Waals surface area contributed by atoms with Crippen LogP contribution in [-0.4, -0.2) is 16.2 Å². The Balaban J connectivity index is 0.00000261. The number of aromatic nitrogens is 1. The molecule has 74 heavy (non-hydrogen) atoms. The highest BCUT2D eigenvalue weighted by Gasteiger charge is 2.23. The Morgan fingerprint density at radius 3 is 1.68 bits per heavy atom. The van der Waals surface area contributed by atoms with Crippen molar-refractivity contribution < 1.29 is 8.83 Å². The first-order valence-corrected chi connectivity index (χ1v) is 25.4. The Morgan fingerprint density at radius 1 is 0.432 bits per heavy atom. The molecule has 3 heterocycles. The average Bonchev–Trinajstić information content (AvgIpc) is 4.21. The van der Waals surface area contributed by atoms with Crippen LogP contribution in [0.2, 0.25) is 0 Å². The molecule has 0 aliphatic carbocycles. The predicted octanol–water partition coefficient (Wildman–Crippen LogP) is 19.0. The van der Waals surface area contributed by atoms with Crippen LogP contribution in [0.5, 0.6) is 0 Å². The topological polar surface area (TPSA) is 55.9 Å². The van der Waals surface area contributed by atoms with Gasteiger partial charge in [0.25, 0.3) is 0 Å². The lowest BCUT2D eigenvalue weighted by Gasteiger charge is -2.15. The molecule has 0 aliphatic rings. The van der Waals surface area contributed by atoms with E-state index in [-0.39, 0.29) is 0 Å². The molecule has 11 aromatic carbocycles. The summed E-state index contributed by atoms with van der Waals surface area (Å²) in [5.74, 6) is 1.27. The third-order valence-corrected chi connectivity index (χ3v) is 14.3. The number of hydrogen-bond donors (Lipinski definition) is 0. The number of furan rings is 2. The molecule has 0 fully saturated rings. The van der Waals surface area contributed by atoms with E-state index < -0.39 is 0 Å². The number of hydrogen-bond acceptors (Lipinski definition) is 3. The van der Waals surface area contributed by atoms with Gasteiger partial charge in [-0.2, -0.15) is 0 Å². The molecule has 3 aromatic heterocycles. The van der Waals surface area contributed by atoms with Crippen molar-refractivity contribution in [1.82, 2.24) is 4.57 Å². The molecule has 0 bridgehead atoms. The molecule has 14 aromatic rings. The lowest BCUT2D eigenvalue weighted by molar-refractivity contribution is 0.668. The molecule has 5 heteroatoms. The number of fused-ring (bicyclic) bond motifs is 14. The van der Waals surface area contributed by atoms with Crippen molar-refractivity contribution in [2.24, 2.45) is 9.98 Å². The summed E-state index contributed by atoms with van der Waals surface area (Å²) in [5.41, 5.74) is 14.1. The maximum Gasteiger partial charge on any atom is 0.157 e. The van der Waals surface area contributed by atoms with Crippen LogP contribution in [0.25, 0.3) is 121 Å². The summed E-state index contributed by atoms with van der Waals surface area (Å²) >= 11 is 0. The Morgan fingerprint density at radius 2 is 0.959 bits per heavy atom. The number of allylic oxidation sites excluding steroid dienone is 1. The number of amidine groups is 1. The van der Waals surface area contributed by atoms with Gasteiger partial charge in [0.05, 0.1) is 17.6 Å². The zero-order chi connectivity index (χ0) is 49.7. The molecule has 14 rings (SSSR count). The number of rotatable bonds is 7. The fourth-order valence-corrected chi connectivity index (χ4v) is 11.0. The fraction of sp³-hybridized carbons (Fsp3) is 0.0435. The second-order valence-corrected chi connectivity index (χ2v) is 18.4. The first-order chi connectivity index (χ1) is 36.7. The maximum absolute atomic E-state index is 6.50. The second-order valence-electron chi connectivity index (χ2n) is 18.4. The molecule has 0 radical (unpaired) electrons. The van der Waals surface area contributed by atoms with Crippen molar-refractivity contribution in [3.63, 3.8) is 0 Å². The first-order valence-electron chi connectivity index (χ1n) is 25.4. The van der Waals surface area contributed by atoms with Crippen LogP contribution in [0.15, 0.2) is 262 Å². The van der Waals surface area contributed by atoms with Gasteiger partial charge in [-0.05, 0) is 80.4 Å². The highest BCUT2D eigenvalue weighted by Crippen LogP contribution is 2.45. The summed E-state index contributed by atoms with van der Waals surface area (Å²) in [6, 6.07) is 81.3. The van der Waals surface area contributed by atoms with Crippen molar-refractivity contribution >= 4 is 98.9 Å². The second kappa shape index (κ2) is 18.5. The van der Waals surface area contributed by atoms with E-state index in [0.29, 0.717) is 18.2 Å². The molecule has 0 atom stereocenters. The molecular weight excluding hydrogens is 903 g/mol. The van der Waals surface area contributed by atoms with E-state index in [9.17, 15) is 0 Å². The molecule has 0 spiro atoms. The largest absolute Gasteiger partial charge is 0.456 e. The molecule has 0 saturated carbocycles. The minimum absolute atomic E-state index is 0.401. The summed E-state index contributed by atoms with van der Waals surface area (Å²) in [4.78, 5) is 10.9. The highest BCUT2D eigenvalue weighted by molar-refractivity contribution is 6.35. The number of benzene rings is 11. The van der Waals surface area contributed by atoms with Crippen molar-refractivity contribution in [1.29, 1.82) is 0 Å². The predicted molar refractivity (Wildman–Crippen MR) is 313 cm³/mol. The van der Waals surface area contributed by atoms with Crippen molar-refractivity contribution in [2.45, 2.75) is 20.4 Å². The SMILES string of the molecule is C=CC(=NC(=NCc1ccc2c(c1)oc1ccccc12)c1ccccc1)n1c2c(-c3cccc(-c4cccc(-c5cccc6c5oc5ccccc56)c4)c3)cccc2c2c3ccccc3c3ccccc3c21.CC. The zero-order valence-corrected chi connectivity index (χ0v) is 41.1. The molecule has 0 saturated heterocycles. The van der Waals surface area contributed by atoms with Gasteiger partial charge >= 0.3 is 0 Å². The van der Waals surface area contributed by atoms with E-state index in [1.807, 2.05) is 68.5 Å². The molecule has 0 N–H and O–H groups in total. The van der Waals surface area contributed by atoms with E-state index >= 15 is 0 Å². The maximum atomic E-state index is 6.50. The molecule has 352 valence electrons. The van der Waals surface area contributed by atoms with Gasteiger partial charge in [0, 0.05) is 54.4 Å². The van der Waals surface area contributed by atoms with Gasteiger partial charge in [0.15, 0.2) is 5.84 Å². The normalized spacial score (nSPS) is 12.2. The third-order valence-electron chi connectivity index (χ3n) is 14.3. The summed E-state index contributed by atoms with van der Waals surface area (Å²) in [6.45, 7) is 8.89. The van der Waals surface area contributed by atoms with Crippen LogP contribution >= 0.6 is 0 Å². The lowest BCUT2D eigenvalue weighted by atomic mass is 9.94. The van der Waals surface area contributed by atoms with Gasteiger partial charge < -0.3 is 8.83 Å². The fourth-order valence-electron chi connectivity index (χ4n) is 11.0. The van der Waals surface area contributed by atoms with Crippen LogP contribution in [0.1, 0.15) is 25.0 Å². The third kappa shape index (κ3) is 7.40. The van der Waals surface area contributed by atoms with Crippen LogP contribution in [0.4, 0.5) is 0 Å². The number of nitrogens with zero attached hydrogens (tertiary/aromatic N) is 3. The Hall–Kier alpha value is -9.58. The van der Waals surface area contributed by atoms with E-state index in [2.05, 4.69) is 193 Å². The summed E-state index contributed by atoms with van der Waals surface area (Å²) in [7, 11) is 0. The Kier molecular flexibility index (Phi) is 11.1. The lowest BCUT2D eigenvalue weighted by Crippen LogP contribution is -2.13. The summed E-state index contributed by atoms with van der Waals surface area (Å²) in [6.07, 6.45) is 1.88. The molecule has 5 nitrogen and oxygen atoms in total. The number of para-hydroxylation sites is 4. The minimum atomic E-state index is 0.401. The Bertz CT molecular complexity index is 4570. The van der Waals surface area contributed by atoms with E-state index in [1.165, 1.54) is 16.2 Å². The van der Waals surface area contributed by atoms with E-state index in [4.69, 9.17) is 18.8 Å². The minimum Gasteiger partial charge on any atom is -0.456 e. The van der Waals surface area contributed by atoms with Crippen molar-refractivity contribution in [3.8, 4) is 33.4 Å². The van der Waals surface area contributed by atoms with Crippen LogP contribution in [-0.2, 0) is 6.54 Å². The van der Waals surface area contributed by atoms with E-state index in [0.717, 1.165) is 116 Å². The smallest absolute Gasteiger partial charge is 0.157 e. The first kappa shape index (κ1) is 44.4. The molecule has 0 amide bonds. The number of aliphatic imine (C=N–C) groups is 2. The van der Waals surface area contributed by atoms with Gasteiger partial charge in [-0.25, -0.2) is 4.99 Å². The molecule has 0 aliphatic heterocycles. The van der Waals surface area contributed by atoms with Crippen molar-refractivity contribution in [2.75, 3.05) is 0 Å². The van der Waals surface area contributed by atoms with Gasteiger partial charge in [0.1, 0.15) is 28.2 Å². The standard InChI is InChI=1S/C67H43N3O2.C2H6/c1-2-62(69-67(43-18-4-3-5-19-43)68-41-42-36-37-54-52-26-10-12-34-59(52)71-61(54)38-42)70-64-48(30-16-33-58(64)63-55-28-8-6-24-50(55)51-25-7-9-29-56(51)65(63)70)46-22-14-20-44(39-46)45-21-15-23-47(40-45)49-31-17-32-57-53-27-11-13-35-60(53)72-66(49)57;1-2/h2-40H,1,41H2;1-2H3. The monoisotopic (exact) mass is 951 g/mol. The van der Waals surface area contributed by atoms with Crippen LogP contribution in [0.3, 0.4) is 0 Å². The molecular formula is C69H49N3O2. The van der Waals surface area contributed by atoms with Crippen molar-refractivity contribution in [3.05, 3.63) is 254 Å². The van der Waals surface area contributed by atoms with Gasteiger partial charge in [-0.15, -0.1) is 0 Å². The summed E-state index contributed by atoms with van der Waals surface area (Å²) in [5, 5.41) is 11.4. The quantitative estimate of drug-likeness (QED) is 0.0908. The highest BCUT2D eigenvalue weighted by atomic mass is 16.3. The van der Waals surface area contributed by atoms with Gasteiger partial charge in [-0.3, -0.25) is 9.56 Å². The molecule has 0 unspecified atom stereocenters. The van der Waals surface area contributed by atoms with Gasteiger partial charge in [-0.1, -0.05) is 221 Å². The Labute approximate surface area is 428 Å². The van der Waals surface area contributed by atoms with Crippen LogP contribution < -0.4 is 0 Å². The van der Waals surface area contributed by atoms with E-state index in [1.54, 1.807) is 0 Å². The average molecular weight is 952 g/mol. The zero-order valence-electron chi connectivity index (χ0n) is 41.1. The van der Waals surface area contributed by atoms with Crippen LogP contribution in [0, 0.1) is 0 Å².